The van der Waals surface area contributed by atoms with Crippen molar-refractivity contribution < 1.29 is 4.79 Å². The fraction of sp³-hybridized carbons (Fsp3) is 0.682. The van der Waals surface area contributed by atoms with Crippen molar-refractivity contribution in [1.29, 1.82) is 0 Å². The van der Waals surface area contributed by atoms with Crippen LogP contribution >= 0.6 is 12.6 Å². The van der Waals surface area contributed by atoms with E-state index in [0.29, 0.717) is 12.2 Å². The summed E-state index contributed by atoms with van der Waals surface area (Å²) >= 11 is 4.46. The van der Waals surface area contributed by atoms with Crippen LogP contribution in [0.25, 0.3) is 0 Å². The molecule has 0 aliphatic carbocycles. The first kappa shape index (κ1) is 25.5. The van der Waals surface area contributed by atoms with Crippen LogP contribution in [0.3, 0.4) is 0 Å². The summed E-state index contributed by atoms with van der Waals surface area (Å²) in [5.41, 5.74) is 2.66. The van der Waals surface area contributed by atoms with E-state index in [2.05, 4.69) is 46.1 Å². The second kappa shape index (κ2) is 18.6. The standard InChI is InChI=1S/C15H28OS.C7H12/c1-4-14(16)11-9-7-5-6-8-10-12-15(17)13(2)3;1-4-7(5-2)6-3/h17H,4-12H2,1-3H3;4-5H,1,6H2,2-3H3/b;7-5+. The minimum atomic E-state index is 0.410. The van der Waals surface area contributed by atoms with E-state index in [4.69, 9.17) is 0 Å². The summed E-state index contributed by atoms with van der Waals surface area (Å²) in [4.78, 5) is 12.3. The Morgan fingerprint density at radius 1 is 0.917 bits per heavy atom. The van der Waals surface area contributed by atoms with Crippen LogP contribution in [0, 0.1) is 0 Å². The molecular formula is C22H40OS. The van der Waals surface area contributed by atoms with Crippen LogP contribution in [-0.4, -0.2) is 5.78 Å². The molecule has 0 aromatic carbocycles. The molecule has 0 saturated heterocycles. The topological polar surface area (TPSA) is 17.1 Å². The van der Waals surface area contributed by atoms with Crippen molar-refractivity contribution in [2.45, 2.75) is 98.8 Å². The molecule has 0 atom stereocenters. The predicted molar refractivity (Wildman–Crippen MR) is 114 cm³/mol. The average molecular weight is 353 g/mol. The zero-order valence-electron chi connectivity index (χ0n) is 16.8. The quantitative estimate of drug-likeness (QED) is 0.215. The predicted octanol–water partition coefficient (Wildman–Crippen LogP) is 7.84. The van der Waals surface area contributed by atoms with Gasteiger partial charge in [0.15, 0.2) is 0 Å². The van der Waals surface area contributed by atoms with Crippen LogP contribution in [0.1, 0.15) is 98.8 Å². The van der Waals surface area contributed by atoms with Gasteiger partial charge in [-0.05, 0) is 51.4 Å². The molecule has 140 valence electrons. The van der Waals surface area contributed by atoms with Gasteiger partial charge in [0.05, 0.1) is 0 Å². The maximum absolute atomic E-state index is 11.1. The molecule has 1 nitrogen and oxygen atoms in total. The number of hydrogen-bond acceptors (Lipinski definition) is 2. The highest BCUT2D eigenvalue weighted by Gasteiger charge is 1.98. The normalized spacial score (nSPS) is 10.7. The molecule has 0 heterocycles. The Hall–Kier alpha value is -0.760. The molecule has 0 bridgehead atoms. The van der Waals surface area contributed by atoms with Gasteiger partial charge in [-0.3, -0.25) is 4.79 Å². The van der Waals surface area contributed by atoms with E-state index in [-0.39, 0.29) is 0 Å². The maximum Gasteiger partial charge on any atom is 0.132 e. The van der Waals surface area contributed by atoms with Crippen molar-refractivity contribution in [1.82, 2.24) is 0 Å². The molecule has 0 rings (SSSR count). The third kappa shape index (κ3) is 17.6. The van der Waals surface area contributed by atoms with Crippen LogP contribution in [0.15, 0.2) is 34.8 Å². The lowest BCUT2D eigenvalue weighted by molar-refractivity contribution is -0.118. The second-order valence-electron chi connectivity index (χ2n) is 6.38. The summed E-state index contributed by atoms with van der Waals surface area (Å²) in [6.45, 7) is 14.0. The summed E-state index contributed by atoms with van der Waals surface area (Å²) < 4.78 is 0. The molecule has 24 heavy (non-hydrogen) atoms. The van der Waals surface area contributed by atoms with Crippen LogP contribution in [0.4, 0.5) is 0 Å². The van der Waals surface area contributed by atoms with E-state index in [1.807, 2.05) is 19.9 Å². The molecule has 0 aliphatic rings. The molecule has 0 spiro atoms. The second-order valence-corrected chi connectivity index (χ2v) is 6.92. The molecule has 0 aliphatic heterocycles. The average Bonchev–Trinajstić information content (AvgIpc) is 2.58. The zero-order chi connectivity index (χ0) is 18.8. The molecule has 0 fully saturated rings. The van der Waals surface area contributed by atoms with Crippen LogP contribution in [-0.2, 0) is 4.79 Å². The Kier molecular flexibility index (Phi) is 19.7. The number of carbonyl (C=O) groups is 1. The minimum absolute atomic E-state index is 0.410. The molecule has 0 aromatic heterocycles. The van der Waals surface area contributed by atoms with Crippen molar-refractivity contribution >= 4 is 18.4 Å². The van der Waals surface area contributed by atoms with Crippen molar-refractivity contribution in [3.05, 3.63) is 34.8 Å². The lowest BCUT2D eigenvalue weighted by Gasteiger charge is -2.03. The smallest absolute Gasteiger partial charge is 0.132 e. The summed E-state index contributed by atoms with van der Waals surface area (Å²) in [6.07, 6.45) is 15.1. The Bertz CT molecular complexity index is 387. The fourth-order valence-electron chi connectivity index (χ4n) is 2.21. The van der Waals surface area contributed by atoms with Gasteiger partial charge < -0.3 is 0 Å². The first-order valence-corrected chi connectivity index (χ1v) is 10.0. The molecule has 2 heteroatoms. The molecular weight excluding hydrogens is 312 g/mol. The van der Waals surface area contributed by atoms with Crippen molar-refractivity contribution in [2.24, 2.45) is 0 Å². The summed E-state index contributed by atoms with van der Waals surface area (Å²) in [5, 5.41) is 0. The van der Waals surface area contributed by atoms with Gasteiger partial charge in [-0.25, -0.2) is 0 Å². The van der Waals surface area contributed by atoms with Gasteiger partial charge in [-0.15, -0.1) is 12.6 Å². The summed E-state index contributed by atoms with van der Waals surface area (Å²) in [7, 11) is 0. The Morgan fingerprint density at radius 3 is 1.75 bits per heavy atom. The number of allylic oxidation sites excluding steroid dienone is 5. The highest BCUT2D eigenvalue weighted by atomic mass is 32.1. The van der Waals surface area contributed by atoms with Gasteiger partial charge in [0.25, 0.3) is 0 Å². The van der Waals surface area contributed by atoms with Gasteiger partial charge in [0.2, 0.25) is 0 Å². The number of rotatable bonds is 12. The molecule has 0 amide bonds. The maximum atomic E-state index is 11.1. The molecule has 0 aromatic rings. The van der Waals surface area contributed by atoms with Crippen molar-refractivity contribution in [3.63, 3.8) is 0 Å². The van der Waals surface area contributed by atoms with Gasteiger partial charge in [0.1, 0.15) is 5.78 Å². The summed E-state index contributed by atoms with van der Waals surface area (Å²) in [6, 6.07) is 0. The monoisotopic (exact) mass is 352 g/mol. The van der Waals surface area contributed by atoms with Gasteiger partial charge >= 0.3 is 0 Å². The van der Waals surface area contributed by atoms with E-state index >= 15 is 0 Å². The van der Waals surface area contributed by atoms with Crippen LogP contribution in [0.2, 0.25) is 0 Å². The van der Waals surface area contributed by atoms with E-state index in [1.165, 1.54) is 48.2 Å². The number of carbonyl (C=O) groups excluding carboxylic acids is 1. The molecule has 0 N–H and O–H groups in total. The number of hydrogen-bond donors (Lipinski definition) is 1. The van der Waals surface area contributed by atoms with Gasteiger partial charge in [-0.1, -0.05) is 69.4 Å². The number of thiol groups is 1. The highest BCUT2D eigenvalue weighted by Crippen LogP contribution is 2.17. The Morgan fingerprint density at radius 2 is 1.42 bits per heavy atom. The van der Waals surface area contributed by atoms with Gasteiger partial charge in [0, 0.05) is 12.8 Å². The zero-order valence-corrected chi connectivity index (χ0v) is 17.7. The van der Waals surface area contributed by atoms with Crippen molar-refractivity contribution in [2.75, 3.05) is 0 Å². The number of ketones is 1. The molecule has 0 radical (unpaired) electrons. The number of unbranched alkanes of at least 4 members (excludes halogenated alkanes) is 5. The Balaban J connectivity index is 0. The molecule has 0 unspecified atom stereocenters. The third-order valence-electron chi connectivity index (χ3n) is 4.13. The summed E-state index contributed by atoms with van der Waals surface area (Å²) in [5.74, 6) is 0.410. The number of Topliss-reactive ketones (excluding diaryl/α,β-unsaturated/α-hetero) is 1. The van der Waals surface area contributed by atoms with Crippen LogP contribution in [0.5, 0.6) is 0 Å². The fourth-order valence-corrected chi connectivity index (χ4v) is 2.37. The molecule has 0 saturated carbocycles. The van der Waals surface area contributed by atoms with E-state index in [0.717, 1.165) is 25.7 Å². The van der Waals surface area contributed by atoms with E-state index in [9.17, 15) is 4.79 Å². The lowest BCUT2D eigenvalue weighted by atomic mass is 10.1. The van der Waals surface area contributed by atoms with E-state index in [1.54, 1.807) is 0 Å². The van der Waals surface area contributed by atoms with E-state index < -0.39 is 0 Å². The minimum Gasteiger partial charge on any atom is -0.300 e. The first-order valence-electron chi connectivity index (χ1n) is 9.57. The largest absolute Gasteiger partial charge is 0.300 e. The lowest BCUT2D eigenvalue weighted by Crippen LogP contribution is -1.94. The Labute approximate surface area is 157 Å². The first-order chi connectivity index (χ1) is 11.4. The van der Waals surface area contributed by atoms with Gasteiger partial charge in [-0.2, -0.15) is 0 Å². The SMILES string of the molecule is C=C/C(=C\C)CC.CCC(=O)CCCCCCCCC(S)=C(C)C. The van der Waals surface area contributed by atoms with Crippen molar-refractivity contribution in [3.8, 4) is 0 Å². The highest BCUT2D eigenvalue weighted by molar-refractivity contribution is 7.84. The van der Waals surface area contributed by atoms with Crippen LogP contribution < -0.4 is 0 Å². The third-order valence-corrected chi connectivity index (χ3v) is 4.80.